The van der Waals surface area contributed by atoms with Gasteiger partial charge < -0.3 is 14.8 Å². The number of imidazole rings is 1. The van der Waals surface area contributed by atoms with E-state index in [0.29, 0.717) is 35.7 Å². The van der Waals surface area contributed by atoms with Crippen LogP contribution >= 0.6 is 0 Å². The number of amides is 2. The Morgan fingerprint density at radius 3 is 2.66 bits per heavy atom. The fourth-order valence-electron chi connectivity index (χ4n) is 3.61. The number of rotatable bonds is 4. The number of carbonyl (C=O) groups excluding carboxylic acids is 2. The Bertz CT molecular complexity index is 1110. The van der Waals surface area contributed by atoms with Crippen molar-refractivity contribution < 1.29 is 14.0 Å². The van der Waals surface area contributed by atoms with E-state index in [1.807, 2.05) is 6.92 Å². The van der Waals surface area contributed by atoms with E-state index in [1.54, 1.807) is 59.1 Å². The van der Waals surface area contributed by atoms with Crippen molar-refractivity contribution in [1.29, 1.82) is 0 Å². The summed E-state index contributed by atoms with van der Waals surface area (Å²) in [7, 11) is 0. The SMILES string of the molecule is CCC(=O)N1CCc2cc(C(=O)Nc3ccc(-n4ccnc4C)c(F)c3)ccc21. The van der Waals surface area contributed by atoms with Gasteiger partial charge in [-0.1, -0.05) is 6.92 Å². The van der Waals surface area contributed by atoms with Gasteiger partial charge >= 0.3 is 0 Å². The van der Waals surface area contributed by atoms with Gasteiger partial charge in [0.15, 0.2) is 0 Å². The molecule has 1 aliphatic rings. The number of carbonyl (C=O) groups is 2. The van der Waals surface area contributed by atoms with Gasteiger partial charge in [-0.25, -0.2) is 9.37 Å². The maximum atomic E-state index is 14.5. The first-order valence-corrected chi connectivity index (χ1v) is 9.52. The van der Waals surface area contributed by atoms with Gasteiger partial charge in [-0.2, -0.15) is 0 Å². The molecule has 1 aromatic heterocycles. The summed E-state index contributed by atoms with van der Waals surface area (Å²) in [5, 5.41) is 2.74. The normalized spacial score (nSPS) is 12.7. The van der Waals surface area contributed by atoms with Crippen LogP contribution in [0.4, 0.5) is 15.8 Å². The lowest BCUT2D eigenvalue weighted by molar-refractivity contribution is -0.118. The number of hydrogen-bond acceptors (Lipinski definition) is 3. The third kappa shape index (κ3) is 3.51. The number of hydrogen-bond donors (Lipinski definition) is 1. The van der Waals surface area contributed by atoms with Crippen molar-refractivity contribution in [3.05, 3.63) is 71.6 Å². The summed E-state index contributed by atoms with van der Waals surface area (Å²) in [4.78, 5) is 30.5. The van der Waals surface area contributed by atoms with Crippen molar-refractivity contribution in [2.45, 2.75) is 26.7 Å². The van der Waals surface area contributed by atoms with E-state index < -0.39 is 5.82 Å². The molecule has 0 spiro atoms. The predicted molar refractivity (Wildman–Crippen MR) is 109 cm³/mol. The van der Waals surface area contributed by atoms with E-state index in [2.05, 4.69) is 10.3 Å². The lowest BCUT2D eigenvalue weighted by atomic mass is 10.1. The molecule has 0 aliphatic carbocycles. The van der Waals surface area contributed by atoms with E-state index in [4.69, 9.17) is 0 Å². The Labute approximate surface area is 168 Å². The quantitative estimate of drug-likeness (QED) is 0.733. The lowest BCUT2D eigenvalue weighted by Crippen LogP contribution is -2.27. The summed E-state index contributed by atoms with van der Waals surface area (Å²) < 4.78 is 16.2. The number of aryl methyl sites for hydroxylation is 1. The summed E-state index contributed by atoms with van der Waals surface area (Å²) in [5.74, 6) is -0.0235. The molecule has 4 rings (SSSR count). The Morgan fingerprint density at radius 1 is 1.17 bits per heavy atom. The number of anilines is 2. The minimum atomic E-state index is -0.452. The smallest absolute Gasteiger partial charge is 0.255 e. The number of halogens is 1. The first-order chi connectivity index (χ1) is 14.0. The molecule has 3 aromatic rings. The molecule has 7 heteroatoms. The largest absolute Gasteiger partial charge is 0.322 e. The van der Waals surface area contributed by atoms with Crippen LogP contribution in [0.15, 0.2) is 48.8 Å². The molecule has 0 bridgehead atoms. The predicted octanol–water partition coefficient (Wildman–Crippen LogP) is 3.87. The molecule has 0 radical (unpaired) electrons. The van der Waals surface area contributed by atoms with Gasteiger partial charge in [0.05, 0.1) is 5.69 Å². The molecule has 0 unspecified atom stereocenters. The first-order valence-electron chi connectivity index (χ1n) is 9.52. The molecule has 2 heterocycles. The lowest BCUT2D eigenvalue weighted by Gasteiger charge is -2.16. The van der Waals surface area contributed by atoms with Gasteiger partial charge in [0.2, 0.25) is 5.91 Å². The Morgan fingerprint density at radius 2 is 1.97 bits per heavy atom. The summed E-state index contributed by atoms with van der Waals surface area (Å²) in [6.45, 7) is 4.26. The first kappa shape index (κ1) is 18.9. The van der Waals surface area contributed by atoms with Gasteiger partial charge in [-0.3, -0.25) is 9.59 Å². The van der Waals surface area contributed by atoms with Crippen molar-refractivity contribution in [3.63, 3.8) is 0 Å². The maximum absolute atomic E-state index is 14.5. The topological polar surface area (TPSA) is 67.2 Å². The third-order valence-corrected chi connectivity index (χ3v) is 5.13. The Balaban J connectivity index is 1.52. The van der Waals surface area contributed by atoms with Crippen molar-refractivity contribution in [1.82, 2.24) is 9.55 Å². The van der Waals surface area contributed by atoms with Gasteiger partial charge in [-0.05, 0) is 55.3 Å². The molecule has 0 atom stereocenters. The second-order valence-electron chi connectivity index (χ2n) is 6.96. The standard InChI is InChI=1S/C22H21FN4O2/c1-3-21(28)27-10-8-15-12-16(4-6-19(15)27)22(29)25-17-5-7-20(18(23)13-17)26-11-9-24-14(26)2/h4-7,9,11-13H,3,8,10H2,1-2H3,(H,25,29). The number of fused-ring (bicyclic) bond motifs is 1. The Kier molecular flexibility index (Phi) is 4.88. The average Bonchev–Trinajstić information content (AvgIpc) is 3.33. The van der Waals surface area contributed by atoms with Crippen LogP contribution in [0.25, 0.3) is 5.69 Å². The van der Waals surface area contributed by atoms with Crippen LogP contribution in [-0.4, -0.2) is 27.9 Å². The van der Waals surface area contributed by atoms with E-state index >= 15 is 0 Å². The summed E-state index contributed by atoms with van der Waals surface area (Å²) >= 11 is 0. The van der Waals surface area contributed by atoms with Crippen molar-refractivity contribution in [2.24, 2.45) is 0 Å². The molecule has 148 valence electrons. The molecule has 29 heavy (non-hydrogen) atoms. The molecule has 6 nitrogen and oxygen atoms in total. The molecule has 0 saturated carbocycles. The number of nitrogens with one attached hydrogen (secondary N) is 1. The maximum Gasteiger partial charge on any atom is 0.255 e. The third-order valence-electron chi connectivity index (χ3n) is 5.13. The molecule has 0 saturated heterocycles. The molecule has 0 fully saturated rings. The number of nitrogens with zero attached hydrogens (tertiary/aromatic N) is 3. The highest BCUT2D eigenvalue weighted by Gasteiger charge is 2.24. The second kappa shape index (κ2) is 7.50. The van der Waals surface area contributed by atoms with E-state index in [-0.39, 0.29) is 11.8 Å². The van der Waals surface area contributed by atoms with Crippen LogP contribution in [0.5, 0.6) is 0 Å². The van der Waals surface area contributed by atoms with Crippen LogP contribution < -0.4 is 10.2 Å². The van der Waals surface area contributed by atoms with Crippen LogP contribution in [0.2, 0.25) is 0 Å². The molecule has 2 aromatic carbocycles. The highest BCUT2D eigenvalue weighted by Crippen LogP contribution is 2.30. The average molecular weight is 392 g/mol. The van der Waals surface area contributed by atoms with Crippen molar-refractivity contribution in [3.8, 4) is 5.69 Å². The molecular weight excluding hydrogens is 371 g/mol. The van der Waals surface area contributed by atoms with Gasteiger partial charge in [0.25, 0.3) is 5.91 Å². The molecule has 1 aliphatic heterocycles. The van der Waals surface area contributed by atoms with E-state index in [9.17, 15) is 14.0 Å². The Hall–Kier alpha value is -3.48. The van der Waals surface area contributed by atoms with Crippen LogP contribution in [0.3, 0.4) is 0 Å². The zero-order valence-electron chi connectivity index (χ0n) is 16.3. The van der Waals surface area contributed by atoms with Gasteiger partial charge in [0, 0.05) is 42.3 Å². The van der Waals surface area contributed by atoms with E-state index in [0.717, 1.165) is 17.7 Å². The van der Waals surface area contributed by atoms with Crippen molar-refractivity contribution >= 4 is 23.2 Å². The highest BCUT2D eigenvalue weighted by molar-refractivity contribution is 6.05. The van der Waals surface area contributed by atoms with E-state index in [1.165, 1.54) is 6.07 Å². The second-order valence-corrected chi connectivity index (χ2v) is 6.96. The molecule has 1 N–H and O–H groups in total. The minimum Gasteiger partial charge on any atom is -0.322 e. The summed E-state index contributed by atoms with van der Waals surface area (Å²) in [5.41, 5.74) is 3.05. The highest BCUT2D eigenvalue weighted by atomic mass is 19.1. The van der Waals surface area contributed by atoms with Gasteiger partial charge in [-0.15, -0.1) is 0 Å². The van der Waals surface area contributed by atoms with Gasteiger partial charge in [0.1, 0.15) is 11.6 Å². The molecule has 2 amide bonds. The van der Waals surface area contributed by atoms with Crippen LogP contribution in [0.1, 0.15) is 35.1 Å². The zero-order valence-corrected chi connectivity index (χ0v) is 16.3. The summed E-state index contributed by atoms with van der Waals surface area (Å²) in [6, 6.07) is 9.85. The monoisotopic (exact) mass is 392 g/mol. The fraction of sp³-hybridized carbons (Fsp3) is 0.227. The number of benzene rings is 2. The van der Waals surface area contributed by atoms with Crippen LogP contribution in [-0.2, 0) is 11.2 Å². The van der Waals surface area contributed by atoms with Crippen LogP contribution in [0, 0.1) is 12.7 Å². The summed E-state index contributed by atoms with van der Waals surface area (Å²) in [6.07, 6.45) is 4.45. The fourth-order valence-corrected chi connectivity index (χ4v) is 3.61. The molecular formula is C22H21FN4O2. The number of aromatic nitrogens is 2. The zero-order chi connectivity index (χ0) is 20.5. The van der Waals surface area contributed by atoms with Crippen molar-refractivity contribution in [2.75, 3.05) is 16.8 Å². The minimum absolute atomic E-state index is 0.0737.